The first-order valence-electron chi connectivity index (χ1n) is 12.3. The van der Waals surface area contributed by atoms with Gasteiger partial charge >= 0.3 is 0 Å². The predicted octanol–water partition coefficient (Wildman–Crippen LogP) is 5.00. The number of nitro benzene ring substituents is 1. The largest absolute Gasteiger partial charge is 0.497 e. The third-order valence-electron chi connectivity index (χ3n) is 5.83. The molecule has 200 valence electrons. The molecule has 3 rings (SSSR count). The molecule has 0 bridgehead atoms. The molecule has 0 aliphatic carbocycles. The number of ether oxygens (including phenoxy) is 1. The SMILES string of the molecule is COc1cccc(CN(C(=O)CSCc2ccc([N+](=O)[O-])cc2)[C@@H](Cc2ccccc2)C(=O)NC(C)C)c1. The van der Waals surface area contributed by atoms with Gasteiger partial charge in [0.2, 0.25) is 11.8 Å². The Kier molecular flexibility index (Phi) is 10.7. The van der Waals surface area contributed by atoms with E-state index in [2.05, 4.69) is 5.32 Å². The maximum Gasteiger partial charge on any atom is 0.269 e. The zero-order valence-electron chi connectivity index (χ0n) is 21.8. The molecule has 0 radical (unpaired) electrons. The fraction of sp³-hybridized carbons (Fsp3) is 0.310. The molecule has 3 aromatic carbocycles. The van der Waals surface area contributed by atoms with Crippen LogP contribution in [0, 0.1) is 10.1 Å². The van der Waals surface area contributed by atoms with Crippen molar-refractivity contribution in [1.82, 2.24) is 10.2 Å². The average Bonchev–Trinajstić information content (AvgIpc) is 2.91. The summed E-state index contributed by atoms with van der Waals surface area (Å²) < 4.78 is 5.36. The van der Waals surface area contributed by atoms with Crippen LogP contribution in [0.3, 0.4) is 0 Å². The van der Waals surface area contributed by atoms with Crippen LogP contribution in [-0.2, 0) is 28.3 Å². The quantitative estimate of drug-likeness (QED) is 0.244. The Labute approximate surface area is 227 Å². The topological polar surface area (TPSA) is 102 Å². The number of hydrogen-bond donors (Lipinski definition) is 1. The summed E-state index contributed by atoms with van der Waals surface area (Å²) in [6.07, 6.45) is 0.377. The van der Waals surface area contributed by atoms with Crippen molar-refractivity contribution in [3.63, 3.8) is 0 Å². The Bertz CT molecular complexity index is 1220. The monoisotopic (exact) mass is 535 g/mol. The summed E-state index contributed by atoms with van der Waals surface area (Å²) in [7, 11) is 1.59. The highest BCUT2D eigenvalue weighted by Crippen LogP contribution is 2.21. The number of nitrogens with zero attached hydrogens (tertiary/aromatic N) is 2. The van der Waals surface area contributed by atoms with Crippen LogP contribution in [0.5, 0.6) is 5.75 Å². The van der Waals surface area contributed by atoms with Gasteiger partial charge in [-0.15, -0.1) is 11.8 Å². The van der Waals surface area contributed by atoms with Gasteiger partial charge in [-0.25, -0.2) is 0 Å². The lowest BCUT2D eigenvalue weighted by molar-refractivity contribution is -0.384. The highest BCUT2D eigenvalue weighted by Gasteiger charge is 2.30. The lowest BCUT2D eigenvalue weighted by Gasteiger charge is -2.32. The number of carbonyl (C=O) groups is 2. The maximum absolute atomic E-state index is 13.7. The maximum atomic E-state index is 13.7. The number of carbonyl (C=O) groups excluding carboxylic acids is 2. The van der Waals surface area contributed by atoms with Crippen molar-refractivity contribution in [2.75, 3.05) is 12.9 Å². The van der Waals surface area contributed by atoms with Gasteiger partial charge in [-0.3, -0.25) is 19.7 Å². The Morgan fingerprint density at radius 3 is 2.29 bits per heavy atom. The molecule has 0 spiro atoms. The zero-order chi connectivity index (χ0) is 27.5. The number of non-ortho nitro benzene ring substituents is 1. The molecule has 2 amide bonds. The summed E-state index contributed by atoms with van der Waals surface area (Å²) in [5.74, 6) is 0.966. The summed E-state index contributed by atoms with van der Waals surface area (Å²) in [5, 5.41) is 13.9. The summed E-state index contributed by atoms with van der Waals surface area (Å²) >= 11 is 1.41. The van der Waals surface area contributed by atoms with Crippen LogP contribution in [0.25, 0.3) is 0 Å². The number of hydrogen-bond acceptors (Lipinski definition) is 6. The van der Waals surface area contributed by atoms with Crippen molar-refractivity contribution in [1.29, 1.82) is 0 Å². The number of nitro groups is 1. The molecule has 0 unspecified atom stereocenters. The second-order valence-electron chi connectivity index (χ2n) is 9.16. The lowest BCUT2D eigenvalue weighted by atomic mass is 10.0. The Morgan fingerprint density at radius 1 is 0.974 bits per heavy atom. The van der Waals surface area contributed by atoms with Crippen molar-refractivity contribution < 1.29 is 19.2 Å². The first-order valence-corrected chi connectivity index (χ1v) is 13.5. The van der Waals surface area contributed by atoms with Gasteiger partial charge in [-0.05, 0) is 42.7 Å². The van der Waals surface area contributed by atoms with Crippen molar-refractivity contribution in [3.05, 3.63) is 106 Å². The van der Waals surface area contributed by atoms with Crippen molar-refractivity contribution >= 4 is 29.3 Å². The minimum Gasteiger partial charge on any atom is -0.497 e. The average molecular weight is 536 g/mol. The predicted molar refractivity (Wildman–Crippen MR) is 150 cm³/mol. The van der Waals surface area contributed by atoms with E-state index >= 15 is 0 Å². The third-order valence-corrected chi connectivity index (χ3v) is 6.82. The van der Waals surface area contributed by atoms with Gasteiger partial charge in [0, 0.05) is 36.9 Å². The van der Waals surface area contributed by atoms with Gasteiger partial charge in [0.1, 0.15) is 11.8 Å². The van der Waals surface area contributed by atoms with Crippen LogP contribution in [-0.4, -0.2) is 46.6 Å². The molecule has 8 nitrogen and oxygen atoms in total. The molecular formula is C29H33N3O5S. The number of thioether (sulfide) groups is 1. The van der Waals surface area contributed by atoms with Gasteiger partial charge in [-0.2, -0.15) is 0 Å². The van der Waals surface area contributed by atoms with E-state index in [4.69, 9.17) is 4.74 Å². The molecule has 0 aliphatic heterocycles. The zero-order valence-corrected chi connectivity index (χ0v) is 22.6. The molecule has 0 aromatic heterocycles. The van der Waals surface area contributed by atoms with E-state index < -0.39 is 11.0 Å². The summed E-state index contributed by atoms with van der Waals surface area (Å²) in [4.78, 5) is 39.2. The molecule has 0 aliphatic rings. The molecule has 0 saturated heterocycles. The molecule has 0 saturated carbocycles. The Balaban J connectivity index is 1.83. The van der Waals surface area contributed by atoms with Gasteiger partial charge in [0.25, 0.3) is 5.69 Å². The smallest absolute Gasteiger partial charge is 0.269 e. The van der Waals surface area contributed by atoms with E-state index in [0.717, 1.165) is 16.7 Å². The third kappa shape index (κ3) is 8.62. The minimum atomic E-state index is -0.710. The van der Waals surface area contributed by atoms with E-state index in [1.165, 1.54) is 23.9 Å². The van der Waals surface area contributed by atoms with Crippen molar-refractivity contribution in [2.24, 2.45) is 0 Å². The van der Waals surface area contributed by atoms with Gasteiger partial charge in [0.15, 0.2) is 0 Å². The van der Waals surface area contributed by atoms with E-state index in [9.17, 15) is 19.7 Å². The standard InChI is InChI=1S/C29H33N3O5S/c1-21(2)30-29(34)27(17-22-8-5-4-6-9-22)31(18-24-10-7-11-26(16-24)37-3)28(33)20-38-19-23-12-14-25(15-13-23)32(35)36/h4-16,21,27H,17-20H2,1-3H3,(H,30,34)/t27-/m0/s1. The normalized spacial score (nSPS) is 11.6. The number of nitrogens with one attached hydrogen (secondary N) is 1. The Hall–Kier alpha value is -3.85. The highest BCUT2D eigenvalue weighted by atomic mass is 32.2. The highest BCUT2D eigenvalue weighted by molar-refractivity contribution is 7.99. The van der Waals surface area contributed by atoms with Crippen LogP contribution in [0.2, 0.25) is 0 Å². The molecule has 1 N–H and O–H groups in total. The van der Waals surface area contributed by atoms with E-state index in [1.54, 1.807) is 24.1 Å². The summed E-state index contributed by atoms with van der Waals surface area (Å²) in [6, 6.07) is 22.6. The second-order valence-corrected chi connectivity index (χ2v) is 10.1. The minimum absolute atomic E-state index is 0.0270. The number of methoxy groups -OCH3 is 1. The molecule has 1 atom stereocenters. The van der Waals surface area contributed by atoms with Crippen molar-refractivity contribution in [2.45, 2.75) is 44.6 Å². The lowest BCUT2D eigenvalue weighted by Crippen LogP contribution is -2.52. The van der Waals surface area contributed by atoms with Crippen molar-refractivity contribution in [3.8, 4) is 5.75 Å². The van der Waals surface area contributed by atoms with Crippen LogP contribution in [0.4, 0.5) is 5.69 Å². The van der Waals surface area contributed by atoms with Gasteiger partial charge in [0.05, 0.1) is 17.8 Å². The molecule has 0 fully saturated rings. The molecule has 0 heterocycles. The van der Waals surface area contributed by atoms with E-state index in [0.29, 0.717) is 17.9 Å². The number of rotatable bonds is 13. The molecule has 38 heavy (non-hydrogen) atoms. The fourth-order valence-corrected chi connectivity index (χ4v) is 4.83. The molecular weight excluding hydrogens is 502 g/mol. The summed E-state index contributed by atoms with van der Waals surface area (Å²) in [6.45, 7) is 4.04. The number of benzene rings is 3. The van der Waals surface area contributed by atoms with Crippen LogP contribution in [0.15, 0.2) is 78.9 Å². The fourth-order valence-electron chi connectivity index (χ4n) is 3.96. The van der Waals surface area contributed by atoms with E-state index in [1.807, 2.05) is 68.4 Å². The molecule has 3 aromatic rings. The summed E-state index contributed by atoms with van der Waals surface area (Å²) in [5.41, 5.74) is 2.72. The molecule has 9 heteroatoms. The Morgan fingerprint density at radius 2 is 1.66 bits per heavy atom. The van der Waals surface area contributed by atoms with Crippen LogP contribution in [0.1, 0.15) is 30.5 Å². The number of amides is 2. The van der Waals surface area contributed by atoms with Crippen LogP contribution < -0.4 is 10.1 Å². The van der Waals surface area contributed by atoms with Gasteiger partial charge < -0.3 is 15.0 Å². The van der Waals surface area contributed by atoms with E-state index in [-0.39, 0.29) is 35.8 Å². The second kappa shape index (κ2) is 14.2. The van der Waals surface area contributed by atoms with Gasteiger partial charge in [-0.1, -0.05) is 54.6 Å². The first-order chi connectivity index (χ1) is 18.3. The van der Waals surface area contributed by atoms with Crippen LogP contribution >= 0.6 is 11.8 Å². The first kappa shape index (κ1) is 28.7.